The molecule has 0 saturated carbocycles. The van der Waals surface area contributed by atoms with Crippen molar-refractivity contribution in [3.63, 3.8) is 0 Å². The first-order valence-corrected chi connectivity index (χ1v) is 8.91. The van der Waals surface area contributed by atoms with Crippen LogP contribution in [-0.2, 0) is 4.79 Å². The Kier molecular flexibility index (Phi) is 5.65. The van der Waals surface area contributed by atoms with Crippen LogP contribution in [0.25, 0.3) is 17.4 Å². The van der Waals surface area contributed by atoms with Gasteiger partial charge >= 0.3 is 0 Å². The molecule has 0 aliphatic heterocycles. The van der Waals surface area contributed by atoms with Crippen LogP contribution in [0.15, 0.2) is 69.1 Å². The van der Waals surface area contributed by atoms with Crippen molar-refractivity contribution in [3.05, 3.63) is 75.4 Å². The van der Waals surface area contributed by atoms with E-state index in [1.807, 2.05) is 18.2 Å². The van der Waals surface area contributed by atoms with E-state index in [1.54, 1.807) is 18.2 Å². The van der Waals surface area contributed by atoms with Gasteiger partial charge in [-0.2, -0.15) is 5.26 Å². The van der Waals surface area contributed by atoms with Crippen LogP contribution in [0.2, 0.25) is 5.02 Å². The number of aromatic hydroxyl groups is 1. The normalized spacial score (nSPS) is 11.1. The van der Waals surface area contributed by atoms with Crippen LogP contribution in [0.1, 0.15) is 5.76 Å². The van der Waals surface area contributed by atoms with Crippen molar-refractivity contribution in [2.75, 3.05) is 5.32 Å². The lowest BCUT2D eigenvalue weighted by Gasteiger charge is -2.04. The molecule has 0 bridgehead atoms. The number of halogens is 2. The molecule has 1 heterocycles. The molecule has 27 heavy (non-hydrogen) atoms. The fraction of sp³-hybridized carbons (Fsp3) is 0. The van der Waals surface area contributed by atoms with Crippen molar-refractivity contribution in [3.8, 4) is 23.1 Å². The maximum Gasteiger partial charge on any atom is 0.266 e. The number of hydrogen-bond donors (Lipinski definition) is 2. The summed E-state index contributed by atoms with van der Waals surface area (Å²) in [6, 6.07) is 16.6. The molecule has 0 aliphatic carbocycles. The molecular formula is C20H12BrClN2O3. The molecule has 134 valence electrons. The first kappa shape index (κ1) is 18.8. The number of rotatable bonds is 4. The number of phenolic OH excluding ortho intramolecular Hbond substituents is 1. The monoisotopic (exact) mass is 442 g/mol. The summed E-state index contributed by atoms with van der Waals surface area (Å²) in [6.07, 6.45) is 1.36. The highest BCUT2D eigenvalue weighted by Gasteiger charge is 2.12. The van der Waals surface area contributed by atoms with Gasteiger partial charge in [-0.3, -0.25) is 4.79 Å². The molecule has 0 atom stereocenters. The third-order valence-corrected chi connectivity index (χ3v) is 4.84. The Labute approximate surface area is 168 Å². The zero-order valence-electron chi connectivity index (χ0n) is 13.7. The Balaban J connectivity index is 1.80. The molecule has 3 aromatic rings. The summed E-state index contributed by atoms with van der Waals surface area (Å²) < 4.78 is 6.47. The smallest absolute Gasteiger partial charge is 0.266 e. The standard InChI is InChI=1S/C20H12BrClN2O3/c21-17-7-1-12(10-18(17)22)19-8-6-16(27-19)9-13(11-23)20(26)24-14-2-4-15(25)5-3-14/h1-10,25H,(H,24,26). The van der Waals surface area contributed by atoms with E-state index in [9.17, 15) is 15.2 Å². The first-order chi connectivity index (χ1) is 13.0. The van der Waals surface area contributed by atoms with E-state index >= 15 is 0 Å². The molecule has 0 aliphatic rings. The number of carbonyl (C=O) groups is 1. The minimum atomic E-state index is -0.576. The number of furan rings is 1. The van der Waals surface area contributed by atoms with Crippen LogP contribution in [0.4, 0.5) is 5.69 Å². The minimum absolute atomic E-state index is 0.0835. The molecule has 1 amide bonds. The minimum Gasteiger partial charge on any atom is -0.508 e. The van der Waals surface area contributed by atoms with Gasteiger partial charge < -0.3 is 14.8 Å². The number of nitrogens with one attached hydrogen (secondary N) is 1. The lowest BCUT2D eigenvalue weighted by Crippen LogP contribution is -2.13. The van der Waals surface area contributed by atoms with Gasteiger partial charge in [-0.05, 0) is 64.5 Å². The summed E-state index contributed by atoms with van der Waals surface area (Å²) >= 11 is 9.42. The largest absolute Gasteiger partial charge is 0.508 e. The van der Waals surface area contributed by atoms with Crippen LogP contribution < -0.4 is 5.32 Å². The SMILES string of the molecule is N#CC(=Cc1ccc(-c2ccc(Br)c(Cl)c2)o1)C(=O)Nc1ccc(O)cc1. The number of benzene rings is 2. The van der Waals surface area contributed by atoms with Gasteiger partial charge in [0.15, 0.2) is 0 Å². The zero-order valence-corrected chi connectivity index (χ0v) is 16.1. The van der Waals surface area contributed by atoms with Gasteiger partial charge in [0.1, 0.15) is 28.9 Å². The number of nitriles is 1. The van der Waals surface area contributed by atoms with Gasteiger partial charge in [-0.15, -0.1) is 0 Å². The van der Waals surface area contributed by atoms with Gasteiger partial charge in [-0.1, -0.05) is 17.7 Å². The molecule has 0 radical (unpaired) electrons. The number of nitrogens with zero attached hydrogens (tertiary/aromatic N) is 1. The van der Waals surface area contributed by atoms with Gasteiger partial charge in [0, 0.05) is 21.8 Å². The van der Waals surface area contributed by atoms with Crippen LogP contribution in [-0.4, -0.2) is 11.0 Å². The highest BCUT2D eigenvalue weighted by molar-refractivity contribution is 9.10. The number of phenols is 1. The van der Waals surface area contributed by atoms with Crippen molar-refractivity contribution >= 4 is 45.2 Å². The predicted octanol–water partition coefficient (Wildman–Crippen LogP) is 5.61. The van der Waals surface area contributed by atoms with Crippen molar-refractivity contribution in [2.45, 2.75) is 0 Å². The highest BCUT2D eigenvalue weighted by atomic mass is 79.9. The maximum absolute atomic E-state index is 12.3. The molecule has 5 nitrogen and oxygen atoms in total. The van der Waals surface area contributed by atoms with E-state index in [-0.39, 0.29) is 11.3 Å². The highest BCUT2D eigenvalue weighted by Crippen LogP contribution is 2.30. The Hall–Kier alpha value is -3.01. The third-order valence-electron chi connectivity index (χ3n) is 3.61. The van der Waals surface area contributed by atoms with Crippen LogP contribution in [0, 0.1) is 11.3 Å². The van der Waals surface area contributed by atoms with E-state index in [4.69, 9.17) is 16.0 Å². The van der Waals surface area contributed by atoms with E-state index in [0.29, 0.717) is 22.2 Å². The Morgan fingerprint density at radius 3 is 2.59 bits per heavy atom. The van der Waals surface area contributed by atoms with Crippen molar-refractivity contribution in [1.29, 1.82) is 5.26 Å². The summed E-state index contributed by atoms with van der Waals surface area (Å²) in [7, 11) is 0. The zero-order chi connectivity index (χ0) is 19.4. The topological polar surface area (TPSA) is 86.3 Å². The average Bonchev–Trinajstić information content (AvgIpc) is 3.12. The molecule has 7 heteroatoms. The molecule has 0 fully saturated rings. The number of anilines is 1. The maximum atomic E-state index is 12.3. The predicted molar refractivity (Wildman–Crippen MR) is 107 cm³/mol. The quantitative estimate of drug-likeness (QED) is 0.311. The summed E-state index contributed by atoms with van der Waals surface area (Å²) in [5.74, 6) is 0.432. The lowest BCUT2D eigenvalue weighted by atomic mass is 10.2. The molecule has 0 spiro atoms. The van der Waals surface area contributed by atoms with Crippen LogP contribution >= 0.6 is 27.5 Å². The van der Waals surface area contributed by atoms with Crippen LogP contribution in [0.5, 0.6) is 5.75 Å². The van der Waals surface area contributed by atoms with E-state index in [0.717, 1.165) is 10.0 Å². The molecule has 0 saturated heterocycles. The Bertz CT molecular complexity index is 1070. The number of hydrogen-bond acceptors (Lipinski definition) is 4. The van der Waals surface area contributed by atoms with E-state index in [2.05, 4.69) is 21.2 Å². The number of amides is 1. The summed E-state index contributed by atoms with van der Waals surface area (Å²) in [6.45, 7) is 0. The second kappa shape index (κ2) is 8.12. The van der Waals surface area contributed by atoms with Gasteiger partial charge in [0.25, 0.3) is 5.91 Å². The molecule has 0 unspecified atom stereocenters. The molecule has 3 rings (SSSR count). The van der Waals surface area contributed by atoms with Crippen molar-refractivity contribution < 1.29 is 14.3 Å². The lowest BCUT2D eigenvalue weighted by molar-refractivity contribution is -0.112. The molecular weight excluding hydrogens is 432 g/mol. The van der Waals surface area contributed by atoms with E-state index < -0.39 is 5.91 Å². The summed E-state index contributed by atoms with van der Waals surface area (Å²) in [5, 5.41) is 21.7. The Morgan fingerprint density at radius 1 is 1.19 bits per heavy atom. The average molecular weight is 444 g/mol. The van der Waals surface area contributed by atoms with Crippen molar-refractivity contribution in [2.24, 2.45) is 0 Å². The van der Waals surface area contributed by atoms with Gasteiger partial charge in [0.2, 0.25) is 0 Å². The Morgan fingerprint density at radius 2 is 1.93 bits per heavy atom. The fourth-order valence-electron chi connectivity index (χ4n) is 2.27. The first-order valence-electron chi connectivity index (χ1n) is 7.73. The van der Waals surface area contributed by atoms with Gasteiger partial charge in [-0.25, -0.2) is 0 Å². The second-order valence-corrected chi connectivity index (χ2v) is 6.76. The number of carbonyl (C=O) groups excluding carboxylic acids is 1. The summed E-state index contributed by atoms with van der Waals surface area (Å²) in [5.41, 5.74) is 1.12. The second-order valence-electron chi connectivity index (χ2n) is 5.50. The molecule has 2 aromatic carbocycles. The van der Waals surface area contributed by atoms with E-state index in [1.165, 1.54) is 30.3 Å². The molecule has 1 aromatic heterocycles. The summed E-state index contributed by atoms with van der Waals surface area (Å²) in [4.78, 5) is 12.3. The van der Waals surface area contributed by atoms with Gasteiger partial charge in [0.05, 0.1) is 5.02 Å². The molecule has 2 N–H and O–H groups in total. The fourth-order valence-corrected chi connectivity index (χ4v) is 2.70. The third kappa shape index (κ3) is 4.59. The van der Waals surface area contributed by atoms with Crippen molar-refractivity contribution in [1.82, 2.24) is 0 Å². The van der Waals surface area contributed by atoms with Crippen LogP contribution in [0.3, 0.4) is 0 Å².